The molecule has 1 aliphatic carbocycles. The van der Waals surface area contributed by atoms with Gasteiger partial charge in [-0.05, 0) is 38.8 Å². The van der Waals surface area contributed by atoms with Crippen LogP contribution in [0.3, 0.4) is 0 Å². The van der Waals surface area contributed by atoms with Crippen LogP contribution < -0.4 is 5.32 Å². The van der Waals surface area contributed by atoms with Gasteiger partial charge in [0.25, 0.3) is 5.91 Å². The van der Waals surface area contributed by atoms with E-state index in [1.807, 2.05) is 16.8 Å². The number of ether oxygens (including phenoxy) is 1. The van der Waals surface area contributed by atoms with E-state index in [1.54, 1.807) is 7.11 Å². The van der Waals surface area contributed by atoms with E-state index in [2.05, 4.69) is 10.2 Å². The Bertz CT molecular complexity index is 507. The Hall–Kier alpha value is -1.18. The second-order valence-corrected chi connectivity index (χ2v) is 8.31. The maximum atomic E-state index is 13.0. The summed E-state index contributed by atoms with van der Waals surface area (Å²) in [6.45, 7) is 4.98. The SMILES string of the molecule is COC1(C(=O)N2CCN(CC(=O)N(C)C3CCCCC3)CC2)CCNCC1. The molecule has 3 aliphatic rings. The van der Waals surface area contributed by atoms with Gasteiger partial charge in [0.2, 0.25) is 5.91 Å². The zero-order chi connectivity index (χ0) is 19.3. The summed E-state index contributed by atoms with van der Waals surface area (Å²) in [5.41, 5.74) is -0.662. The molecule has 0 bridgehead atoms. The molecule has 7 nitrogen and oxygen atoms in total. The van der Waals surface area contributed by atoms with Crippen molar-refractivity contribution in [2.24, 2.45) is 0 Å². The van der Waals surface area contributed by atoms with Crippen LogP contribution in [0.1, 0.15) is 44.9 Å². The van der Waals surface area contributed by atoms with Gasteiger partial charge in [0.05, 0.1) is 6.54 Å². The van der Waals surface area contributed by atoms with E-state index in [9.17, 15) is 9.59 Å². The number of nitrogens with zero attached hydrogens (tertiary/aromatic N) is 3. The van der Waals surface area contributed by atoms with Crippen molar-refractivity contribution in [3.63, 3.8) is 0 Å². The third kappa shape index (κ3) is 4.81. The number of rotatable bonds is 5. The van der Waals surface area contributed by atoms with Gasteiger partial charge >= 0.3 is 0 Å². The van der Waals surface area contributed by atoms with Gasteiger partial charge in [0, 0.05) is 46.4 Å². The number of piperidine rings is 1. The summed E-state index contributed by atoms with van der Waals surface area (Å²) in [6, 6.07) is 0.413. The van der Waals surface area contributed by atoms with Crippen LogP contribution in [-0.2, 0) is 14.3 Å². The van der Waals surface area contributed by atoms with Crippen LogP contribution in [-0.4, -0.2) is 98.1 Å². The van der Waals surface area contributed by atoms with E-state index >= 15 is 0 Å². The predicted molar refractivity (Wildman–Crippen MR) is 105 cm³/mol. The molecule has 2 saturated heterocycles. The first-order valence-corrected chi connectivity index (χ1v) is 10.6. The molecule has 1 saturated carbocycles. The molecule has 7 heteroatoms. The van der Waals surface area contributed by atoms with E-state index in [0.717, 1.165) is 51.9 Å². The number of carbonyl (C=O) groups is 2. The number of hydrogen-bond acceptors (Lipinski definition) is 5. The Kier molecular flexibility index (Phi) is 7.11. The van der Waals surface area contributed by atoms with E-state index < -0.39 is 5.60 Å². The minimum Gasteiger partial charge on any atom is -0.368 e. The van der Waals surface area contributed by atoms with Crippen LogP contribution in [0.2, 0.25) is 0 Å². The fourth-order valence-corrected chi connectivity index (χ4v) is 4.71. The molecule has 1 N–H and O–H groups in total. The highest BCUT2D eigenvalue weighted by molar-refractivity contribution is 5.85. The summed E-state index contributed by atoms with van der Waals surface area (Å²) in [4.78, 5) is 31.8. The van der Waals surface area contributed by atoms with Crippen LogP contribution in [0.4, 0.5) is 0 Å². The first-order valence-electron chi connectivity index (χ1n) is 10.6. The average molecular weight is 381 g/mol. The van der Waals surface area contributed by atoms with E-state index in [0.29, 0.717) is 25.7 Å². The highest BCUT2D eigenvalue weighted by Gasteiger charge is 2.43. The van der Waals surface area contributed by atoms with Crippen molar-refractivity contribution < 1.29 is 14.3 Å². The molecule has 2 amide bonds. The molecule has 0 radical (unpaired) electrons. The lowest BCUT2D eigenvalue weighted by molar-refractivity contribution is -0.160. The number of piperazine rings is 1. The van der Waals surface area contributed by atoms with Crippen molar-refractivity contribution in [3.05, 3.63) is 0 Å². The Balaban J connectivity index is 1.46. The molecular formula is C20H36N4O3. The molecule has 0 unspecified atom stereocenters. The van der Waals surface area contributed by atoms with Crippen LogP contribution in [0.25, 0.3) is 0 Å². The molecule has 0 aromatic rings. The maximum Gasteiger partial charge on any atom is 0.254 e. The van der Waals surface area contributed by atoms with Crippen LogP contribution >= 0.6 is 0 Å². The fraction of sp³-hybridized carbons (Fsp3) is 0.900. The summed E-state index contributed by atoms with van der Waals surface area (Å²) in [5.74, 6) is 0.338. The molecule has 2 aliphatic heterocycles. The van der Waals surface area contributed by atoms with E-state index in [4.69, 9.17) is 4.74 Å². The molecule has 0 aromatic carbocycles. The van der Waals surface area contributed by atoms with E-state index in [-0.39, 0.29) is 11.8 Å². The quantitative estimate of drug-likeness (QED) is 0.760. The molecular weight excluding hydrogens is 344 g/mol. The van der Waals surface area contributed by atoms with Gasteiger partial charge in [-0.3, -0.25) is 14.5 Å². The zero-order valence-electron chi connectivity index (χ0n) is 17.0. The highest BCUT2D eigenvalue weighted by Crippen LogP contribution is 2.26. The lowest BCUT2D eigenvalue weighted by atomic mass is 9.90. The van der Waals surface area contributed by atoms with Crippen LogP contribution in [0.5, 0.6) is 0 Å². The minimum absolute atomic E-state index is 0.122. The van der Waals surface area contributed by atoms with Gasteiger partial charge in [-0.25, -0.2) is 0 Å². The topological polar surface area (TPSA) is 65.1 Å². The minimum atomic E-state index is -0.662. The van der Waals surface area contributed by atoms with Gasteiger partial charge in [-0.1, -0.05) is 19.3 Å². The lowest BCUT2D eigenvalue weighted by Crippen LogP contribution is -2.59. The largest absolute Gasteiger partial charge is 0.368 e. The molecule has 0 aromatic heterocycles. The number of amides is 2. The van der Waals surface area contributed by atoms with Crippen molar-refractivity contribution in [1.82, 2.24) is 20.0 Å². The molecule has 0 spiro atoms. The first-order chi connectivity index (χ1) is 13.1. The Labute approximate surface area is 163 Å². The monoisotopic (exact) mass is 380 g/mol. The molecule has 27 heavy (non-hydrogen) atoms. The maximum absolute atomic E-state index is 13.0. The van der Waals surface area contributed by atoms with Gasteiger partial charge in [-0.15, -0.1) is 0 Å². The highest BCUT2D eigenvalue weighted by atomic mass is 16.5. The molecule has 0 atom stereocenters. The second-order valence-electron chi connectivity index (χ2n) is 8.31. The smallest absolute Gasteiger partial charge is 0.254 e. The third-order valence-corrected chi connectivity index (χ3v) is 6.73. The molecule has 154 valence electrons. The lowest BCUT2D eigenvalue weighted by Gasteiger charge is -2.42. The number of nitrogens with one attached hydrogen (secondary N) is 1. The number of carbonyl (C=O) groups excluding carboxylic acids is 2. The van der Waals surface area contributed by atoms with Crippen molar-refractivity contribution in [3.8, 4) is 0 Å². The van der Waals surface area contributed by atoms with Gasteiger partial charge in [-0.2, -0.15) is 0 Å². The van der Waals surface area contributed by atoms with Crippen molar-refractivity contribution >= 4 is 11.8 Å². The van der Waals surface area contributed by atoms with Crippen molar-refractivity contribution in [2.45, 2.75) is 56.6 Å². The predicted octanol–water partition coefficient (Wildman–Crippen LogP) is 0.690. The van der Waals surface area contributed by atoms with Gasteiger partial charge in [0.1, 0.15) is 5.60 Å². The van der Waals surface area contributed by atoms with Gasteiger partial charge in [0.15, 0.2) is 0 Å². The molecule has 3 rings (SSSR count). The summed E-state index contributed by atoms with van der Waals surface area (Å²) in [7, 11) is 3.61. The summed E-state index contributed by atoms with van der Waals surface area (Å²) >= 11 is 0. The Morgan fingerprint density at radius 3 is 2.30 bits per heavy atom. The Morgan fingerprint density at radius 1 is 1.07 bits per heavy atom. The van der Waals surface area contributed by atoms with Crippen molar-refractivity contribution in [2.75, 3.05) is 60.0 Å². The van der Waals surface area contributed by atoms with Crippen LogP contribution in [0.15, 0.2) is 0 Å². The number of hydrogen-bond donors (Lipinski definition) is 1. The molecule has 3 fully saturated rings. The molecule has 2 heterocycles. The first kappa shape index (κ1) is 20.6. The van der Waals surface area contributed by atoms with Crippen LogP contribution in [0, 0.1) is 0 Å². The normalized spacial score (nSPS) is 24.6. The summed E-state index contributed by atoms with van der Waals surface area (Å²) in [6.07, 6.45) is 7.50. The standard InChI is InChI=1S/C20H36N4O3/c1-22(17-6-4-3-5-7-17)18(25)16-23-12-14-24(15-13-23)19(26)20(27-2)8-10-21-11-9-20/h17,21H,3-16H2,1-2H3. The van der Waals surface area contributed by atoms with Gasteiger partial charge < -0.3 is 19.9 Å². The number of methoxy groups -OCH3 is 1. The fourth-order valence-electron chi connectivity index (χ4n) is 4.71. The average Bonchev–Trinajstić information content (AvgIpc) is 2.74. The second kappa shape index (κ2) is 9.34. The Morgan fingerprint density at radius 2 is 1.70 bits per heavy atom. The number of likely N-dealkylation sites (N-methyl/N-ethyl adjacent to an activating group) is 1. The van der Waals surface area contributed by atoms with E-state index in [1.165, 1.54) is 19.3 Å². The summed E-state index contributed by atoms with van der Waals surface area (Å²) in [5, 5.41) is 3.30. The summed E-state index contributed by atoms with van der Waals surface area (Å²) < 4.78 is 5.68. The third-order valence-electron chi connectivity index (χ3n) is 6.73. The zero-order valence-corrected chi connectivity index (χ0v) is 17.0. The van der Waals surface area contributed by atoms with Crippen molar-refractivity contribution in [1.29, 1.82) is 0 Å².